The zero-order valence-corrected chi connectivity index (χ0v) is 18.5. The van der Waals surface area contributed by atoms with Crippen molar-refractivity contribution in [3.05, 3.63) is 0 Å². The summed E-state index contributed by atoms with van der Waals surface area (Å²) >= 11 is 0. The van der Waals surface area contributed by atoms with Crippen LogP contribution in [0.5, 0.6) is 0 Å². The molecule has 1 N–H and O–H groups in total. The van der Waals surface area contributed by atoms with Crippen LogP contribution in [-0.2, 0) is 19.6 Å². The summed E-state index contributed by atoms with van der Waals surface area (Å²) in [4.78, 5) is 11.6. The summed E-state index contributed by atoms with van der Waals surface area (Å²) in [5.41, 5.74) is 0. The smallest absolute Gasteiger partial charge is 0.373 e. The Labute approximate surface area is 165 Å². The number of carbonyl (C=O) groups is 1. The summed E-state index contributed by atoms with van der Waals surface area (Å²) in [6.07, 6.45) is 11.6. The van der Waals surface area contributed by atoms with Gasteiger partial charge in [0.15, 0.2) is 5.97 Å². The zero-order valence-electron chi connectivity index (χ0n) is 17.7. The number of hydrogen-bond acceptors (Lipinski definition) is 5. The van der Waals surface area contributed by atoms with Crippen LogP contribution in [0.25, 0.3) is 0 Å². The quantitative estimate of drug-likeness (QED) is 0.182. The number of unbranched alkanes of at least 4 members (excludes halogenated alkanes) is 9. The largest absolute Gasteiger partial charge is 0.541 e. The van der Waals surface area contributed by atoms with Crippen LogP contribution in [0.1, 0.15) is 84.5 Å². The molecule has 0 saturated heterocycles. The van der Waals surface area contributed by atoms with Crippen molar-refractivity contribution in [2.24, 2.45) is 0 Å². The second-order valence-corrected chi connectivity index (χ2v) is 9.76. The average Bonchev–Trinajstić information content (AvgIpc) is 2.51. The number of carboxylic acids is 1. The minimum absolute atomic E-state index is 0.515. The van der Waals surface area contributed by atoms with Crippen LogP contribution in [0.2, 0.25) is 0 Å². The number of aliphatic carboxylic acids is 1. The number of carboxylic acid groups (broad SMARTS) is 1. The molecule has 0 amide bonds. The molecule has 0 aliphatic carbocycles. The highest BCUT2D eigenvalue weighted by Gasteiger charge is 2.59. The first-order chi connectivity index (χ1) is 12.4. The van der Waals surface area contributed by atoms with E-state index in [2.05, 4.69) is 6.92 Å². The van der Waals surface area contributed by atoms with Crippen LogP contribution in [0.15, 0.2) is 0 Å². The number of ether oxygens (including phenoxy) is 1. The topological polar surface area (TPSA) is 104 Å². The van der Waals surface area contributed by atoms with Crippen molar-refractivity contribution in [3.63, 3.8) is 0 Å². The van der Waals surface area contributed by atoms with Crippen molar-refractivity contribution in [1.82, 2.24) is 0 Å². The molecule has 0 aromatic heterocycles. The van der Waals surface area contributed by atoms with Crippen molar-refractivity contribution in [2.45, 2.75) is 95.6 Å². The molecular formula is C19H39NO6S. The number of carbonyl (C=O) groups excluding carboxylic acids is 1. The second-order valence-electron chi connectivity index (χ2n) is 8.26. The third-order valence-corrected chi connectivity index (χ3v) is 6.33. The Bertz CT molecular complexity index is 529. The van der Waals surface area contributed by atoms with E-state index in [9.17, 15) is 22.9 Å². The lowest BCUT2D eigenvalue weighted by Gasteiger charge is -2.43. The van der Waals surface area contributed by atoms with Gasteiger partial charge in [0.2, 0.25) is 0 Å². The number of rotatable bonds is 16. The van der Waals surface area contributed by atoms with E-state index in [0.29, 0.717) is 6.42 Å². The zero-order chi connectivity index (χ0) is 21.1. The van der Waals surface area contributed by atoms with Gasteiger partial charge in [-0.3, -0.25) is 9.04 Å². The minimum atomic E-state index is -5.04. The molecule has 0 heterocycles. The summed E-state index contributed by atoms with van der Waals surface area (Å²) in [5.74, 6) is -1.97. The predicted octanol–water partition coefficient (Wildman–Crippen LogP) is 2.70. The van der Waals surface area contributed by atoms with Crippen molar-refractivity contribution in [3.8, 4) is 0 Å². The average molecular weight is 410 g/mol. The fourth-order valence-corrected chi connectivity index (χ4v) is 4.43. The summed E-state index contributed by atoms with van der Waals surface area (Å²) in [5, 5.41) is 8.76. The Morgan fingerprint density at radius 2 is 1.41 bits per heavy atom. The highest BCUT2D eigenvalue weighted by Crippen LogP contribution is 2.29. The van der Waals surface area contributed by atoms with E-state index in [0.717, 1.165) is 19.3 Å². The fraction of sp³-hybridized carbons (Fsp3) is 0.947. The van der Waals surface area contributed by atoms with Gasteiger partial charge in [-0.15, -0.1) is 0 Å². The molecule has 162 valence electrons. The Morgan fingerprint density at radius 3 is 1.74 bits per heavy atom. The van der Waals surface area contributed by atoms with Crippen LogP contribution in [-0.4, -0.2) is 55.7 Å². The van der Waals surface area contributed by atoms with E-state index < -0.39 is 31.7 Å². The number of quaternary nitrogens is 1. The van der Waals surface area contributed by atoms with E-state index in [1.807, 2.05) is 0 Å². The molecule has 0 saturated carbocycles. The molecule has 0 aliphatic rings. The van der Waals surface area contributed by atoms with Gasteiger partial charge in [0.1, 0.15) is 0 Å². The highest BCUT2D eigenvalue weighted by atomic mass is 32.2. The second kappa shape index (κ2) is 12.0. The molecular weight excluding hydrogens is 370 g/mol. The third-order valence-electron chi connectivity index (χ3n) is 4.82. The number of nitrogens with zero attached hydrogens (tertiary/aromatic N) is 1. The molecule has 0 spiro atoms. The summed E-state index contributed by atoms with van der Waals surface area (Å²) < 4.78 is 37.9. The minimum Gasteiger partial charge on any atom is -0.541 e. The molecule has 0 radical (unpaired) electrons. The lowest BCUT2D eigenvalue weighted by atomic mass is 10.0. The third kappa shape index (κ3) is 8.46. The first-order valence-corrected chi connectivity index (χ1v) is 11.5. The Morgan fingerprint density at radius 1 is 1.00 bits per heavy atom. The van der Waals surface area contributed by atoms with Crippen LogP contribution in [0.4, 0.5) is 0 Å². The molecule has 7 nitrogen and oxygen atoms in total. The van der Waals surface area contributed by atoms with Crippen LogP contribution >= 0.6 is 0 Å². The van der Waals surface area contributed by atoms with Gasteiger partial charge in [-0.2, -0.15) is 8.42 Å². The molecule has 0 aromatic rings. The van der Waals surface area contributed by atoms with E-state index in [-0.39, 0.29) is 0 Å². The Kier molecular flexibility index (Phi) is 11.7. The number of hydrogen-bond donors (Lipinski definition) is 1. The SMILES string of the molecule is CCCCCCCCCCCCC(C)OC(C(=O)[O-])([N+](C)(C)C)S(=O)(=O)O. The molecule has 0 aromatic carbocycles. The maximum absolute atomic E-state index is 11.8. The first-order valence-electron chi connectivity index (χ1n) is 10.1. The predicted molar refractivity (Wildman–Crippen MR) is 104 cm³/mol. The van der Waals surface area contributed by atoms with Gasteiger partial charge >= 0.3 is 15.2 Å². The van der Waals surface area contributed by atoms with E-state index in [1.165, 1.54) is 66.1 Å². The lowest BCUT2D eigenvalue weighted by molar-refractivity contribution is -0.926. The lowest BCUT2D eigenvalue weighted by Crippen LogP contribution is -2.72. The molecule has 0 bridgehead atoms. The molecule has 2 atom stereocenters. The Hall–Kier alpha value is -0.700. The first kappa shape index (κ1) is 26.3. The summed E-state index contributed by atoms with van der Waals surface area (Å²) in [6.45, 7) is 3.82. The standard InChI is InChI=1S/C19H39NO6S/c1-6-7-8-9-10-11-12-13-14-15-16-17(2)26-19(18(21)22,20(3,4)5)27(23,24)25/h17H,6-16H2,1-5H3,(H-,21,22,23,24,25). The van der Waals surface area contributed by atoms with Gasteiger partial charge in [-0.05, 0) is 13.3 Å². The monoisotopic (exact) mass is 409 g/mol. The van der Waals surface area contributed by atoms with E-state index in [4.69, 9.17) is 4.74 Å². The van der Waals surface area contributed by atoms with Gasteiger partial charge < -0.3 is 14.6 Å². The van der Waals surface area contributed by atoms with Gasteiger partial charge in [-0.25, -0.2) is 0 Å². The van der Waals surface area contributed by atoms with Crippen molar-refractivity contribution in [2.75, 3.05) is 21.1 Å². The maximum atomic E-state index is 11.8. The fourth-order valence-electron chi connectivity index (χ4n) is 3.24. The van der Waals surface area contributed by atoms with Crippen molar-refractivity contribution >= 4 is 16.1 Å². The summed E-state index contributed by atoms with van der Waals surface area (Å²) in [7, 11) is -1.05. The van der Waals surface area contributed by atoms with Crippen LogP contribution in [0, 0.1) is 0 Å². The van der Waals surface area contributed by atoms with E-state index in [1.54, 1.807) is 6.92 Å². The molecule has 8 heteroatoms. The molecule has 27 heavy (non-hydrogen) atoms. The molecule has 2 unspecified atom stereocenters. The van der Waals surface area contributed by atoms with E-state index >= 15 is 0 Å². The number of likely N-dealkylation sites (N-methyl/N-ethyl adjacent to an activating group) is 1. The molecule has 0 aliphatic heterocycles. The van der Waals surface area contributed by atoms with Gasteiger partial charge in [0.25, 0.3) is 0 Å². The molecule has 0 rings (SSSR count). The van der Waals surface area contributed by atoms with Gasteiger partial charge in [0, 0.05) is 0 Å². The van der Waals surface area contributed by atoms with Crippen LogP contribution in [0.3, 0.4) is 0 Å². The maximum Gasteiger partial charge on any atom is 0.373 e. The van der Waals surface area contributed by atoms with Gasteiger partial charge in [-0.1, -0.05) is 71.1 Å². The Balaban J connectivity index is 4.38. The van der Waals surface area contributed by atoms with Crippen molar-refractivity contribution in [1.29, 1.82) is 0 Å². The highest BCUT2D eigenvalue weighted by molar-refractivity contribution is 7.87. The summed E-state index contributed by atoms with van der Waals surface area (Å²) in [6, 6.07) is 0. The van der Waals surface area contributed by atoms with Gasteiger partial charge in [0.05, 0.1) is 27.2 Å². The van der Waals surface area contributed by atoms with Crippen LogP contribution < -0.4 is 5.11 Å². The molecule has 0 fully saturated rings. The normalized spacial score (nSPS) is 16.1. The van der Waals surface area contributed by atoms with Crippen molar-refractivity contribution < 1.29 is 32.1 Å².